The number of carbonyl (C=O) groups is 1. The number of hydrogen-bond donors (Lipinski definition) is 1. The summed E-state index contributed by atoms with van der Waals surface area (Å²) in [6, 6.07) is 5.19. The van der Waals surface area contributed by atoms with Gasteiger partial charge >= 0.3 is 0 Å². The average molecular weight is 416 g/mol. The molecule has 2 fully saturated rings. The summed E-state index contributed by atoms with van der Waals surface area (Å²) in [4.78, 5) is 19.2. The number of halogens is 1. The number of rotatable bonds is 7. The maximum Gasteiger partial charge on any atom is 0.224 e. The molecular weight excluding hydrogens is 395 g/mol. The number of hydrogen-bond acceptors (Lipinski definition) is 6. The first kappa shape index (κ1) is 19.5. The van der Waals surface area contributed by atoms with Gasteiger partial charge in [-0.05, 0) is 31.0 Å². The molecular formula is C20H21FN4O3S. The molecule has 9 heteroatoms. The van der Waals surface area contributed by atoms with Gasteiger partial charge in [0, 0.05) is 23.3 Å². The second-order valence-electron chi connectivity index (χ2n) is 6.84. The molecule has 0 spiro atoms. The third-order valence-corrected chi connectivity index (χ3v) is 4.84. The SMILES string of the molecule is C1CC1.COc1nccc(OC2CC2)c1-c1cn(SF)c2nc(NC=O)ccc12. The number of carbonyl (C=O) groups excluding carboxylic acids is 1. The second kappa shape index (κ2) is 8.69. The summed E-state index contributed by atoms with van der Waals surface area (Å²) < 4.78 is 26.2. The number of nitrogens with one attached hydrogen (secondary N) is 1. The van der Waals surface area contributed by atoms with Crippen molar-refractivity contribution in [3.63, 3.8) is 0 Å². The van der Waals surface area contributed by atoms with E-state index in [2.05, 4.69) is 15.3 Å². The van der Waals surface area contributed by atoms with Crippen LogP contribution in [0.25, 0.3) is 22.2 Å². The predicted molar refractivity (Wildman–Crippen MR) is 111 cm³/mol. The monoisotopic (exact) mass is 416 g/mol. The van der Waals surface area contributed by atoms with Gasteiger partial charge in [-0.3, -0.25) is 4.79 Å². The van der Waals surface area contributed by atoms with Crippen molar-refractivity contribution in [2.45, 2.75) is 38.2 Å². The normalized spacial score (nSPS) is 14.7. The third-order valence-electron chi connectivity index (χ3n) is 4.41. The van der Waals surface area contributed by atoms with E-state index in [1.54, 1.807) is 30.6 Å². The average Bonchev–Trinajstić information content (AvgIpc) is 3.66. The van der Waals surface area contributed by atoms with E-state index in [0.29, 0.717) is 46.0 Å². The number of pyridine rings is 2. The largest absolute Gasteiger partial charge is 0.490 e. The minimum Gasteiger partial charge on any atom is -0.490 e. The van der Waals surface area contributed by atoms with Gasteiger partial charge in [0.2, 0.25) is 12.3 Å². The third kappa shape index (κ3) is 4.45. The van der Waals surface area contributed by atoms with Gasteiger partial charge < -0.3 is 14.8 Å². The number of aromatic nitrogens is 3. The standard InChI is InChI=1S/C17H15FN4O3S.C3H6/c1-24-17-15(13(6-7-19-17)25-10-2-3-10)12-8-22(26-18)16-11(12)4-5-14(21-16)20-9-23;1-2-3-1/h4-10H,2-3H2,1H3,(H,20,21,23);1-3H2. The summed E-state index contributed by atoms with van der Waals surface area (Å²) in [7, 11) is 1.53. The van der Waals surface area contributed by atoms with Gasteiger partial charge in [0.05, 0.1) is 18.8 Å². The Morgan fingerprint density at radius 3 is 2.69 bits per heavy atom. The van der Waals surface area contributed by atoms with E-state index in [-0.39, 0.29) is 18.4 Å². The van der Waals surface area contributed by atoms with Gasteiger partial charge in [-0.2, -0.15) is 0 Å². The van der Waals surface area contributed by atoms with Crippen LogP contribution in [0.5, 0.6) is 11.6 Å². The fourth-order valence-corrected chi connectivity index (χ4v) is 3.11. The number of anilines is 1. The van der Waals surface area contributed by atoms with Crippen molar-refractivity contribution < 1.29 is 18.2 Å². The summed E-state index contributed by atoms with van der Waals surface area (Å²) >= 11 is 0.0222. The van der Waals surface area contributed by atoms with Crippen LogP contribution in [0, 0.1) is 0 Å². The van der Waals surface area contributed by atoms with E-state index in [1.807, 2.05) is 0 Å². The lowest BCUT2D eigenvalue weighted by atomic mass is 10.1. The van der Waals surface area contributed by atoms with Crippen molar-refractivity contribution in [3.05, 3.63) is 30.6 Å². The number of fused-ring (bicyclic) bond motifs is 1. The van der Waals surface area contributed by atoms with Crippen LogP contribution in [0.1, 0.15) is 32.1 Å². The Bertz CT molecular complexity index is 1020. The topological polar surface area (TPSA) is 78.3 Å². The molecule has 1 N–H and O–H groups in total. The highest BCUT2D eigenvalue weighted by molar-refractivity contribution is 7.92. The van der Waals surface area contributed by atoms with Crippen molar-refractivity contribution in [2.75, 3.05) is 12.4 Å². The molecule has 29 heavy (non-hydrogen) atoms. The maximum absolute atomic E-state index is 13.5. The first-order valence-electron chi connectivity index (χ1n) is 9.46. The van der Waals surface area contributed by atoms with Crippen LogP contribution in [-0.2, 0) is 4.79 Å². The van der Waals surface area contributed by atoms with Crippen molar-refractivity contribution in [1.82, 2.24) is 13.9 Å². The zero-order valence-electron chi connectivity index (χ0n) is 15.9. The summed E-state index contributed by atoms with van der Waals surface area (Å²) in [5.41, 5.74) is 1.72. The van der Waals surface area contributed by atoms with E-state index in [0.717, 1.165) is 12.8 Å². The lowest BCUT2D eigenvalue weighted by molar-refractivity contribution is -0.105. The molecule has 7 nitrogen and oxygen atoms in total. The summed E-state index contributed by atoms with van der Waals surface area (Å²) in [6.07, 6.45) is 10.5. The van der Waals surface area contributed by atoms with Gasteiger partial charge in [-0.1, -0.05) is 19.3 Å². The molecule has 5 rings (SSSR count). The molecule has 0 unspecified atom stereocenters. The Labute approximate surface area is 172 Å². The minimum absolute atomic E-state index is 0.0222. The number of ether oxygens (including phenoxy) is 2. The Morgan fingerprint density at radius 1 is 1.28 bits per heavy atom. The molecule has 0 atom stereocenters. The molecule has 3 heterocycles. The molecule has 0 aromatic carbocycles. The van der Waals surface area contributed by atoms with Crippen LogP contribution in [-0.4, -0.2) is 33.6 Å². The molecule has 2 aliphatic rings. The highest BCUT2D eigenvalue weighted by Gasteiger charge is 2.27. The summed E-state index contributed by atoms with van der Waals surface area (Å²) in [5, 5.41) is 3.16. The number of amides is 1. The smallest absolute Gasteiger partial charge is 0.224 e. The van der Waals surface area contributed by atoms with Crippen molar-refractivity contribution >= 4 is 35.6 Å². The van der Waals surface area contributed by atoms with Crippen molar-refractivity contribution in [1.29, 1.82) is 0 Å². The predicted octanol–water partition coefficient (Wildman–Crippen LogP) is 4.77. The molecule has 3 aromatic heterocycles. The molecule has 3 aromatic rings. The molecule has 1 amide bonds. The van der Waals surface area contributed by atoms with Crippen LogP contribution < -0.4 is 14.8 Å². The van der Waals surface area contributed by atoms with Crippen LogP contribution in [0.4, 0.5) is 9.70 Å². The summed E-state index contributed by atoms with van der Waals surface area (Å²) in [6.45, 7) is 0. The second-order valence-corrected chi connectivity index (χ2v) is 7.37. The molecule has 2 aliphatic carbocycles. The van der Waals surface area contributed by atoms with E-state index in [4.69, 9.17) is 9.47 Å². The lowest BCUT2D eigenvalue weighted by Crippen LogP contribution is -2.00. The first-order valence-corrected chi connectivity index (χ1v) is 10.1. The maximum atomic E-state index is 13.5. The van der Waals surface area contributed by atoms with Crippen molar-refractivity contribution in [3.8, 4) is 22.8 Å². The van der Waals surface area contributed by atoms with E-state index in [9.17, 15) is 8.68 Å². The highest BCUT2D eigenvalue weighted by atomic mass is 32.2. The Hall–Kier alpha value is -2.81. The Morgan fingerprint density at radius 2 is 2.07 bits per heavy atom. The summed E-state index contributed by atoms with van der Waals surface area (Å²) in [5.74, 6) is 1.36. The highest BCUT2D eigenvalue weighted by Crippen LogP contribution is 2.43. The van der Waals surface area contributed by atoms with E-state index >= 15 is 0 Å². The zero-order chi connectivity index (χ0) is 20.2. The van der Waals surface area contributed by atoms with Gasteiger partial charge in [-0.15, -0.1) is 3.89 Å². The minimum atomic E-state index is 0.0222. The van der Waals surface area contributed by atoms with Gasteiger partial charge in [-0.25, -0.2) is 13.9 Å². The first-order chi connectivity index (χ1) is 14.2. The fraction of sp³-hybridized carbons (Fsp3) is 0.350. The molecule has 152 valence electrons. The molecule has 0 radical (unpaired) electrons. The lowest BCUT2D eigenvalue weighted by Gasteiger charge is -2.13. The van der Waals surface area contributed by atoms with Crippen LogP contribution >= 0.6 is 12.3 Å². The van der Waals surface area contributed by atoms with Crippen LogP contribution in [0.15, 0.2) is 30.6 Å². The number of methoxy groups -OCH3 is 1. The quantitative estimate of drug-likeness (QED) is 0.559. The van der Waals surface area contributed by atoms with E-state index < -0.39 is 0 Å². The molecule has 0 saturated heterocycles. The number of nitrogens with zero attached hydrogens (tertiary/aromatic N) is 3. The molecule has 0 bridgehead atoms. The van der Waals surface area contributed by atoms with Crippen LogP contribution in [0.3, 0.4) is 0 Å². The molecule has 2 saturated carbocycles. The van der Waals surface area contributed by atoms with Gasteiger partial charge in [0.1, 0.15) is 11.6 Å². The van der Waals surface area contributed by atoms with Crippen LogP contribution in [0.2, 0.25) is 0 Å². The van der Waals surface area contributed by atoms with Gasteiger partial charge in [0.25, 0.3) is 0 Å². The Kier molecular flexibility index (Phi) is 5.84. The van der Waals surface area contributed by atoms with E-state index in [1.165, 1.54) is 30.3 Å². The zero-order valence-corrected chi connectivity index (χ0v) is 16.7. The van der Waals surface area contributed by atoms with Gasteiger partial charge in [0.15, 0.2) is 18.0 Å². The Balaban J connectivity index is 0.000000626. The fourth-order valence-electron chi connectivity index (χ4n) is 2.76. The van der Waals surface area contributed by atoms with Crippen molar-refractivity contribution in [2.24, 2.45) is 0 Å². The molecule has 0 aliphatic heterocycles.